The molecule has 0 spiro atoms. The van der Waals surface area contributed by atoms with Crippen molar-refractivity contribution in [1.82, 2.24) is 0 Å². The molecule has 0 saturated heterocycles. The Labute approximate surface area is 132 Å². The topological polar surface area (TPSA) is 26.3 Å². The summed E-state index contributed by atoms with van der Waals surface area (Å²) in [5.74, 6) is 3.10. The van der Waals surface area contributed by atoms with Gasteiger partial charge in [0.05, 0.1) is 6.42 Å². The number of benzene rings is 1. The van der Waals surface area contributed by atoms with Crippen LogP contribution in [0.2, 0.25) is 0 Å². The summed E-state index contributed by atoms with van der Waals surface area (Å²) in [7, 11) is 0. The number of hydrogen-bond donors (Lipinski definition) is 0. The Balaban J connectivity index is 1.32. The summed E-state index contributed by atoms with van der Waals surface area (Å²) in [6, 6.07) is 10.1. The van der Waals surface area contributed by atoms with E-state index < -0.39 is 0 Å². The summed E-state index contributed by atoms with van der Waals surface area (Å²) in [5, 5.41) is 0. The van der Waals surface area contributed by atoms with Gasteiger partial charge in [0.2, 0.25) is 0 Å². The van der Waals surface area contributed by atoms with Crippen LogP contribution in [0.3, 0.4) is 0 Å². The van der Waals surface area contributed by atoms with Crippen LogP contribution in [0.5, 0.6) is 0 Å². The second-order valence-corrected chi connectivity index (χ2v) is 7.40. The van der Waals surface area contributed by atoms with Crippen LogP contribution in [0, 0.1) is 23.7 Å². The van der Waals surface area contributed by atoms with Crippen molar-refractivity contribution >= 4 is 12.0 Å². The maximum Gasteiger partial charge on any atom is 0.309 e. The van der Waals surface area contributed by atoms with Gasteiger partial charge in [-0.25, -0.2) is 0 Å². The molecule has 0 radical (unpaired) electrons. The highest BCUT2D eigenvalue weighted by Gasteiger charge is 2.49. The molecule has 5 rings (SSSR count). The zero-order chi connectivity index (χ0) is 14.9. The molecule has 0 unspecified atom stereocenters. The molecule has 0 aromatic heterocycles. The van der Waals surface area contributed by atoms with Gasteiger partial charge in [-0.3, -0.25) is 4.79 Å². The van der Waals surface area contributed by atoms with E-state index in [1.54, 1.807) is 0 Å². The highest BCUT2D eigenvalue weighted by molar-refractivity contribution is 5.73. The summed E-state index contributed by atoms with van der Waals surface area (Å²) in [5.41, 5.74) is 1.13. The van der Waals surface area contributed by atoms with Gasteiger partial charge >= 0.3 is 5.97 Å². The fourth-order valence-electron chi connectivity index (χ4n) is 5.12. The zero-order valence-corrected chi connectivity index (χ0v) is 13.0. The van der Waals surface area contributed by atoms with Gasteiger partial charge in [0.1, 0.15) is 6.10 Å². The number of carbonyl (C=O) groups excluding carboxylic acids is 1. The Hall–Kier alpha value is -1.57. The lowest BCUT2D eigenvalue weighted by atomic mass is 9.55. The van der Waals surface area contributed by atoms with E-state index in [1.807, 2.05) is 42.5 Å². The van der Waals surface area contributed by atoms with Crippen molar-refractivity contribution in [3.63, 3.8) is 0 Å². The van der Waals surface area contributed by atoms with Crippen LogP contribution in [0.15, 0.2) is 36.4 Å². The predicted octanol–water partition coefficient (Wildman–Crippen LogP) is 4.46. The molecule has 4 aliphatic carbocycles. The van der Waals surface area contributed by atoms with E-state index in [4.69, 9.17) is 4.74 Å². The number of rotatable bonds is 4. The maximum atomic E-state index is 12.2. The Kier molecular flexibility index (Phi) is 3.77. The predicted molar refractivity (Wildman–Crippen MR) is 87.0 cm³/mol. The average Bonchev–Trinajstić information content (AvgIpc) is 2.51. The van der Waals surface area contributed by atoms with Crippen molar-refractivity contribution in [1.29, 1.82) is 0 Å². The average molecular weight is 296 g/mol. The van der Waals surface area contributed by atoms with Crippen LogP contribution in [0.25, 0.3) is 6.08 Å². The summed E-state index contributed by atoms with van der Waals surface area (Å²) in [6.45, 7) is 0. The van der Waals surface area contributed by atoms with Crippen LogP contribution in [-0.2, 0) is 9.53 Å². The molecule has 4 aliphatic rings. The van der Waals surface area contributed by atoms with Crippen molar-refractivity contribution in [3.8, 4) is 0 Å². The normalized spacial score (nSPS) is 35.9. The molecular formula is C20H24O2. The van der Waals surface area contributed by atoms with E-state index in [0.717, 1.165) is 17.4 Å². The molecule has 0 N–H and O–H groups in total. The summed E-state index contributed by atoms with van der Waals surface area (Å²) in [6.07, 6.45) is 11.1. The maximum absolute atomic E-state index is 12.2. The molecule has 1 aromatic carbocycles. The minimum absolute atomic E-state index is 0.0512. The molecule has 116 valence electrons. The van der Waals surface area contributed by atoms with Gasteiger partial charge in [0.15, 0.2) is 0 Å². The van der Waals surface area contributed by atoms with Crippen molar-refractivity contribution in [2.24, 2.45) is 23.7 Å². The number of carbonyl (C=O) groups is 1. The molecule has 0 atom stereocenters. The monoisotopic (exact) mass is 296 g/mol. The molecule has 0 heterocycles. The minimum atomic E-state index is -0.0512. The molecule has 2 nitrogen and oxygen atoms in total. The number of hydrogen-bond acceptors (Lipinski definition) is 2. The molecule has 0 aliphatic heterocycles. The standard InChI is InChI=1S/C20H24O2/c21-19(8-4-7-14-5-2-1-3-6-14)22-20-17-10-15-9-16(12-17)13-18(20)11-15/h1-7,15-18,20H,8-13H2. The van der Waals surface area contributed by atoms with E-state index in [-0.39, 0.29) is 12.1 Å². The summed E-state index contributed by atoms with van der Waals surface area (Å²) < 4.78 is 5.87. The fraction of sp³-hybridized carbons (Fsp3) is 0.550. The molecule has 1 aromatic rings. The smallest absolute Gasteiger partial charge is 0.309 e. The third-order valence-electron chi connectivity index (χ3n) is 5.80. The lowest BCUT2D eigenvalue weighted by Crippen LogP contribution is -2.50. The van der Waals surface area contributed by atoms with Gasteiger partial charge in [-0.05, 0) is 61.3 Å². The Morgan fingerprint density at radius 3 is 2.27 bits per heavy atom. The SMILES string of the molecule is O=C(CC=Cc1ccccc1)OC1C2CC3CC(C2)CC1C3. The first-order chi connectivity index (χ1) is 10.8. The van der Waals surface area contributed by atoms with E-state index in [0.29, 0.717) is 18.3 Å². The van der Waals surface area contributed by atoms with Gasteiger partial charge in [-0.1, -0.05) is 42.5 Å². The molecule has 2 heteroatoms. The Morgan fingerprint density at radius 2 is 1.64 bits per heavy atom. The lowest BCUT2D eigenvalue weighted by molar-refractivity contribution is -0.169. The molecule has 0 amide bonds. The van der Waals surface area contributed by atoms with Crippen LogP contribution >= 0.6 is 0 Å². The second-order valence-electron chi connectivity index (χ2n) is 7.40. The quantitative estimate of drug-likeness (QED) is 0.767. The highest BCUT2D eigenvalue weighted by Crippen LogP contribution is 2.54. The van der Waals surface area contributed by atoms with Crippen molar-refractivity contribution in [2.45, 2.75) is 44.6 Å². The Bertz CT molecular complexity index is 532. The van der Waals surface area contributed by atoms with Gasteiger partial charge in [0.25, 0.3) is 0 Å². The Morgan fingerprint density at radius 1 is 1.00 bits per heavy atom. The van der Waals surface area contributed by atoms with Gasteiger partial charge < -0.3 is 4.74 Å². The van der Waals surface area contributed by atoms with Crippen molar-refractivity contribution < 1.29 is 9.53 Å². The highest BCUT2D eigenvalue weighted by atomic mass is 16.5. The molecule has 4 fully saturated rings. The number of ether oxygens (including phenoxy) is 1. The van der Waals surface area contributed by atoms with Crippen LogP contribution in [-0.4, -0.2) is 12.1 Å². The van der Waals surface area contributed by atoms with Crippen LogP contribution in [0.1, 0.15) is 44.1 Å². The fourth-order valence-corrected chi connectivity index (χ4v) is 5.12. The molecule has 4 saturated carbocycles. The zero-order valence-electron chi connectivity index (χ0n) is 13.0. The first-order valence-electron chi connectivity index (χ1n) is 8.69. The lowest BCUT2D eigenvalue weighted by Gasteiger charge is -2.53. The van der Waals surface area contributed by atoms with Crippen molar-refractivity contribution in [3.05, 3.63) is 42.0 Å². The van der Waals surface area contributed by atoms with E-state index in [2.05, 4.69) is 0 Å². The van der Waals surface area contributed by atoms with Crippen LogP contribution in [0.4, 0.5) is 0 Å². The van der Waals surface area contributed by atoms with Gasteiger partial charge in [-0.15, -0.1) is 0 Å². The van der Waals surface area contributed by atoms with E-state index in [9.17, 15) is 4.79 Å². The number of esters is 1. The largest absolute Gasteiger partial charge is 0.462 e. The second kappa shape index (κ2) is 5.91. The van der Waals surface area contributed by atoms with Crippen molar-refractivity contribution in [2.75, 3.05) is 0 Å². The molecular weight excluding hydrogens is 272 g/mol. The first-order valence-corrected chi connectivity index (χ1v) is 8.69. The molecule has 22 heavy (non-hydrogen) atoms. The third kappa shape index (κ3) is 2.84. The first kappa shape index (κ1) is 14.0. The van der Waals surface area contributed by atoms with E-state index in [1.165, 1.54) is 32.1 Å². The van der Waals surface area contributed by atoms with E-state index >= 15 is 0 Å². The summed E-state index contributed by atoms with van der Waals surface area (Å²) in [4.78, 5) is 12.2. The summed E-state index contributed by atoms with van der Waals surface area (Å²) >= 11 is 0. The van der Waals surface area contributed by atoms with Crippen LogP contribution < -0.4 is 0 Å². The van der Waals surface area contributed by atoms with Gasteiger partial charge in [0, 0.05) is 0 Å². The molecule has 4 bridgehead atoms. The van der Waals surface area contributed by atoms with Gasteiger partial charge in [-0.2, -0.15) is 0 Å². The third-order valence-corrected chi connectivity index (χ3v) is 5.80. The minimum Gasteiger partial charge on any atom is -0.462 e.